The Labute approximate surface area is 152 Å². The number of anilines is 1. The summed E-state index contributed by atoms with van der Waals surface area (Å²) in [6.45, 7) is 3.25. The van der Waals surface area contributed by atoms with Gasteiger partial charge in [-0.3, -0.25) is 0 Å². The smallest absolute Gasteiger partial charge is 0.112 e. The van der Waals surface area contributed by atoms with E-state index in [1.165, 1.54) is 0 Å². The van der Waals surface area contributed by atoms with Crippen LogP contribution in [0.4, 0.5) is 17.1 Å². The average Bonchev–Trinajstić information content (AvgIpc) is 2.67. The van der Waals surface area contributed by atoms with Crippen molar-refractivity contribution in [3.8, 4) is 0 Å². The van der Waals surface area contributed by atoms with Crippen LogP contribution in [-0.2, 0) is 0 Å². The van der Waals surface area contributed by atoms with Crippen molar-refractivity contribution in [1.29, 1.82) is 0 Å². The lowest BCUT2D eigenvalue weighted by Crippen LogP contribution is -2.42. The number of rotatable bonds is 8. The van der Waals surface area contributed by atoms with E-state index in [1.54, 1.807) is 0 Å². The molecule has 0 aliphatic rings. The molecule has 0 amide bonds. The summed E-state index contributed by atoms with van der Waals surface area (Å²) in [6, 6.07) is 13.1. The van der Waals surface area contributed by atoms with Gasteiger partial charge in [-0.05, 0) is 43.2 Å². The first-order valence-electron chi connectivity index (χ1n) is 8.40. The van der Waals surface area contributed by atoms with Crippen LogP contribution in [0.2, 0.25) is 0 Å². The molecule has 0 spiro atoms. The summed E-state index contributed by atoms with van der Waals surface area (Å²) < 4.78 is 0. The molecule has 0 radical (unpaired) electrons. The standard InChI is InChI=1S/C19H25N3O4/c1-12-8-9-15(20-10-16(24)19(26)17(25)11-23)18(13(12)2)22-21-14-6-4-3-5-7-14/h3-9,16-17,19-20,23-26H,10-11H2,1-2H3/t16-,17-,19-/m1/s1. The highest BCUT2D eigenvalue weighted by Crippen LogP contribution is 2.32. The molecule has 0 aliphatic carbocycles. The van der Waals surface area contributed by atoms with Crippen molar-refractivity contribution in [2.45, 2.75) is 32.2 Å². The van der Waals surface area contributed by atoms with E-state index in [9.17, 15) is 15.3 Å². The minimum atomic E-state index is -1.45. The number of nitrogens with zero attached hydrogens (tertiary/aromatic N) is 2. The van der Waals surface area contributed by atoms with E-state index in [-0.39, 0.29) is 6.54 Å². The Bertz CT molecular complexity index is 737. The van der Waals surface area contributed by atoms with E-state index in [0.29, 0.717) is 11.4 Å². The highest BCUT2D eigenvalue weighted by atomic mass is 16.4. The summed E-state index contributed by atoms with van der Waals surface area (Å²) in [5.74, 6) is 0. The third kappa shape index (κ3) is 5.09. The maximum Gasteiger partial charge on any atom is 0.112 e. The molecule has 140 valence electrons. The zero-order valence-electron chi connectivity index (χ0n) is 14.9. The highest BCUT2D eigenvalue weighted by molar-refractivity contribution is 5.70. The zero-order chi connectivity index (χ0) is 19.1. The van der Waals surface area contributed by atoms with Crippen molar-refractivity contribution in [3.63, 3.8) is 0 Å². The topological polar surface area (TPSA) is 118 Å². The van der Waals surface area contributed by atoms with E-state index in [2.05, 4.69) is 15.5 Å². The highest BCUT2D eigenvalue weighted by Gasteiger charge is 2.24. The van der Waals surface area contributed by atoms with Gasteiger partial charge in [0.05, 0.1) is 24.1 Å². The monoisotopic (exact) mass is 359 g/mol. The summed E-state index contributed by atoms with van der Waals surface area (Å²) in [6.07, 6.45) is -4.10. The molecule has 0 bridgehead atoms. The molecule has 2 aromatic carbocycles. The molecule has 0 unspecified atom stereocenters. The molecule has 26 heavy (non-hydrogen) atoms. The first-order chi connectivity index (χ1) is 12.4. The second-order valence-electron chi connectivity index (χ2n) is 6.13. The van der Waals surface area contributed by atoms with Gasteiger partial charge in [0.15, 0.2) is 0 Å². The van der Waals surface area contributed by atoms with E-state index >= 15 is 0 Å². The molecule has 2 rings (SSSR count). The Balaban J connectivity index is 2.18. The van der Waals surface area contributed by atoms with E-state index < -0.39 is 24.9 Å². The third-order valence-electron chi connectivity index (χ3n) is 4.20. The van der Waals surface area contributed by atoms with E-state index in [1.807, 2.05) is 56.3 Å². The van der Waals surface area contributed by atoms with E-state index in [0.717, 1.165) is 16.8 Å². The lowest BCUT2D eigenvalue weighted by Gasteiger charge is -2.22. The number of hydrogen-bond acceptors (Lipinski definition) is 7. The maximum absolute atomic E-state index is 9.97. The fraction of sp³-hybridized carbons (Fsp3) is 0.368. The van der Waals surface area contributed by atoms with Gasteiger partial charge in [-0.2, -0.15) is 5.11 Å². The largest absolute Gasteiger partial charge is 0.394 e. The predicted molar refractivity (Wildman–Crippen MR) is 100 cm³/mol. The van der Waals surface area contributed by atoms with Crippen LogP contribution in [0.15, 0.2) is 52.7 Å². The molecule has 0 aliphatic heterocycles. The number of nitrogens with one attached hydrogen (secondary N) is 1. The van der Waals surface area contributed by atoms with Gasteiger partial charge < -0.3 is 25.7 Å². The van der Waals surface area contributed by atoms with Gasteiger partial charge in [0, 0.05) is 6.54 Å². The minimum absolute atomic E-state index is 0.0193. The molecule has 2 aromatic rings. The lowest BCUT2D eigenvalue weighted by atomic mass is 10.1. The maximum atomic E-state index is 9.97. The summed E-state index contributed by atoms with van der Waals surface area (Å²) in [4.78, 5) is 0. The molecule has 7 nitrogen and oxygen atoms in total. The quantitative estimate of drug-likeness (QED) is 0.463. The van der Waals surface area contributed by atoms with Crippen LogP contribution in [0.5, 0.6) is 0 Å². The van der Waals surface area contributed by atoms with E-state index in [4.69, 9.17) is 5.11 Å². The van der Waals surface area contributed by atoms with Crippen LogP contribution in [0.1, 0.15) is 11.1 Å². The molecular formula is C19H25N3O4. The third-order valence-corrected chi connectivity index (χ3v) is 4.20. The molecule has 3 atom stereocenters. The van der Waals surface area contributed by atoms with Gasteiger partial charge in [0.25, 0.3) is 0 Å². The number of benzene rings is 2. The number of aliphatic hydroxyl groups is 4. The molecule has 0 fully saturated rings. The molecular weight excluding hydrogens is 334 g/mol. The van der Waals surface area contributed by atoms with Gasteiger partial charge in [0.2, 0.25) is 0 Å². The van der Waals surface area contributed by atoms with Crippen molar-refractivity contribution in [3.05, 3.63) is 53.6 Å². The van der Waals surface area contributed by atoms with Crippen LogP contribution >= 0.6 is 0 Å². The van der Waals surface area contributed by atoms with Crippen molar-refractivity contribution in [2.24, 2.45) is 10.2 Å². The first kappa shape index (κ1) is 20.0. The van der Waals surface area contributed by atoms with Gasteiger partial charge in [-0.25, -0.2) is 0 Å². The van der Waals surface area contributed by atoms with Gasteiger partial charge in [-0.15, -0.1) is 5.11 Å². The van der Waals surface area contributed by atoms with Crippen molar-refractivity contribution in [2.75, 3.05) is 18.5 Å². The first-order valence-corrected chi connectivity index (χ1v) is 8.40. The van der Waals surface area contributed by atoms with Crippen LogP contribution in [0.25, 0.3) is 0 Å². The fourth-order valence-electron chi connectivity index (χ4n) is 2.37. The van der Waals surface area contributed by atoms with Crippen LogP contribution < -0.4 is 5.32 Å². The van der Waals surface area contributed by atoms with Gasteiger partial charge >= 0.3 is 0 Å². The van der Waals surface area contributed by atoms with Crippen LogP contribution in [0.3, 0.4) is 0 Å². The molecule has 5 N–H and O–H groups in total. The van der Waals surface area contributed by atoms with Crippen molar-refractivity contribution < 1.29 is 20.4 Å². The number of aryl methyl sites for hydroxylation is 1. The number of azo groups is 1. The van der Waals surface area contributed by atoms with Crippen molar-refractivity contribution in [1.82, 2.24) is 0 Å². The molecule has 0 saturated heterocycles. The molecule has 0 saturated carbocycles. The zero-order valence-corrected chi connectivity index (χ0v) is 14.9. The Morgan fingerprint density at radius 3 is 2.27 bits per heavy atom. The summed E-state index contributed by atoms with van der Waals surface area (Å²) in [5.41, 5.74) is 4.01. The molecule has 7 heteroatoms. The van der Waals surface area contributed by atoms with Crippen molar-refractivity contribution >= 4 is 17.1 Å². The summed E-state index contributed by atoms with van der Waals surface area (Å²) in [7, 11) is 0. The molecule has 0 aromatic heterocycles. The Morgan fingerprint density at radius 2 is 1.62 bits per heavy atom. The predicted octanol–water partition coefficient (Wildman–Crippen LogP) is 2.21. The second-order valence-corrected chi connectivity index (χ2v) is 6.13. The second kappa shape index (κ2) is 9.40. The number of aliphatic hydroxyl groups excluding tert-OH is 4. The minimum Gasteiger partial charge on any atom is -0.394 e. The normalized spacial score (nSPS) is 15.0. The Morgan fingerprint density at radius 1 is 0.923 bits per heavy atom. The Hall–Kier alpha value is -2.32. The average molecular weight is 359 g/mol. The Kier molecular flexibility index (Phi) is 7.23. The van der Waals surface area contributed by atoms with Crippen LogP contribution in [-0.4, -0.2) is 51.9 Å². The van der Waals surface area contributed by atoms with Gasteiger partial charge in [-0.1, -0.05) is 24.3 Å². The molecule has 0 heterocycles. The lowest BCUT2D eigenvalue weighted by molar-refractivity contribution is -0.0715. The SMILES string of the molecule is Cc1ccc(NC[C@@H](O)[C@@H](O)[C@H](O)CO)c(N=Nc2ccccc2)c1C. The fourth-order valence-corrected chi connectivity index (χ4v) is 2.37. The number of hydrogen-bond donors (Lipinski definition) is 5. The summed E-state index contributed by atoms with van der Waals surface area (Å²) >= 11 is 0. The van der Waals surface area contributed by atoms with Crippen LogP contribution in [0, 0.1) is 13.8 Å². The van der Waals surface area contributed by atoms with Gasteiger partial charge in [0.1, 0.15) is 17.9 Å². The summed E-state index contributed by atoms with van der Waals surface area (Å²) in [5, 5.41) is 49.6.